The highest BCUT2D eigenvalue weighted by Crippen LogP contribution is 2.31. The average molecular weight is 448 g/mol. The third kappa shape index (κ3) is 5.41. The van der Waals surface area contributed by atoms with Crippen molar-refractivity contribution in [2.45, 2.75) is 6.92 Å². The minimum atomic E-state index is -3.68. The molecule has 2 aromatic carbocycles. The maximum Gasteiger partial charge on any atom is 0.243 e. The van der Waals surface area contributed by atoms with Gasteiger partial charge in [0.2, 0.25) is 15.9 Å². The molecule has 0 bridgehead atoms. The van der Waals surface area contributed by atoms with E-state index in [1.807, 2.05) is 31.2 Å². The number of nitrogens with zero attached hydrogens (tertiary/aromatic N) is 3. The minimum Gasteiger partial charge on any atom is -0.495 e. The molecule has 0 spiro atoms. The molecule has 1 aliphatic heterocycles. The van der Waals surface area contributed by atoms with Crippen LogP contribution >= 0.6 is 0 Å². The van der Waals surface area contributed by atoms with E-state index < -0.39 is 10.0 Å². The Balaban J connectivity index is 1.71. The van der Waals surface area contributed by atoms with Gasteiger partial charge in [-0.2, -0.15) is 0 Å². The molecule has 0 unspecified atom stereocenters. The molecule has 0 aliphatic carbocycles. The number of sulfonamides is 1. The van der Waals surface area contributed by atoms with Gasteiger partial charge in [0.1, 0.15) is 18.0 Å². The van der Waals surface area contributed by atoms with Crippen LogP contribution in [0.4, 0.5) is 11.4 Å². The fourth-order valence-electron chi connectivity index (χ4n) is 3.63. The molecule has 1 aliphatic rings. The number of ether oxygens (including phenoxy) is 2. The smallest absolute Gasteiger partial charge is 0.243 e. The second kappa shape index (κ2) is 9.91. The van der Waals surface area contributed by atoms with Crippen LogP contribution in [0.15, 0.2) is 48.5 Å². The average Bonchev–Trinajstić information content (AvgIpc) is 2.77. The van der Waals surface area contributed by atoms with E-state index >= 15 is 0 Å². The summed E-state index contributed by atoms with van der Waals surface area (Å²) in [5, 5.41) is 0. The lowest BCUT2D eigenvalue weighted by Crippen LogP contribution is -2.52. The maximum absolute atomic E-state index is 13.0. The van der Waals surface area contributed by atoms with Gasteiger partial charge in [-0.05, 0) is 31.2 Å². The molecule has 3 rings (SSSR count). The van der Waals surface area contributed by atoms with Crippen LogP contribution in [0, 0.1) is 0 Å². The Kier molecular flexibility index (Phi) is 7.27. The monoisotopic (exact) mass is 447 g/mol. The van der Waals surface area contributed by atoms with Gasteiger partial charge in [-0.25, -0.2) is 8.42 Å². The molecular formula is C22H29N3O5S. The number of hydrogen-bond acceptors (Lipinski definition) is 6. The fraction of sp³-hybridized carbons (Fsp3) is 0.409. The van der Waals surface area contributed by atoms with E-state index in [-0.39, 0.29) is 12.5 Å². The SMILES string of the molecule is CCOc1ccccc1N(CC(=O)N1CCN(c2ccccc2OC)CC1)S(C)(=O)=O. The Morgan fingerprint density at radius 1 is 1.00 bits per heavy atom. The first-order chi connectivity index (χ1) is 14.8. The second-order valence-corrected chi connectivity index (χ2v) is 9.12. The number of piperazine rings is 1. The van der Waals surface area contributed by atoms with Crippen molar-refractivity contribution in [2.75, 3.05) is 61.9 Å². The number of carbonyl (C=O) groups excluding carboxylic acids is 1. The molecule has 0 aromatic heterocycles. The number of carbonyl (C=O) groups is 1. The van der Waals surface area contributed by atoms with Crippen LogP contribution in [-0.4, -0.2) is 71.9 Å². The zero-order valence-electron chi connectivity index (χ0n) is 18.2. The van der Waals surface area contributed by atoms with Crippen LogP contribution in [0.5, 0.6) is 11.5 Å². The van der Waals surface area contributed by atoms with Crippen molar-refractivity contribution < 1.29 is 22.7 Å². The summed E-state index contributed by atoms with van der Waals surface area (Å²) in [6.45, 7) is 4.24. The molecule has 2 aromatic rings. The largest absolute Gasteiger partial charge is 0.495 e. The van der Waals surface area contributed by atoms with Crippen molar-refractivity contribution in [3.8, 4) is 11.5 Å². The van der Waals surface area contributed by atoms with Crippen molar-refractivity contribution >= 4 is 27.3 Å². The van der Waals surface area contributed by atoms with Crippen molar-refractivity contribution in [1.29, 1.82) is 0 Å². The predicted molar refractivity (Wildman–Crippen MR) is 122 cm³/mol. The predicted octanol–water partition coefficient (Wildman–Crippen LogP) is 2.21. The highest BCUT2D eigenvalue weighted by atomic mass is 32.2. The third-order valence-electron chi connectivity index (χ3n) is 5.17. The third-order valence-corrected chi connectivity index (χ3v) is 6.30. The number of anilines is 2. The Morgan fingerprint density at radius 3 is 2.23 bits per heavy atom. The highest BCUT2D eigenvalue weighted by molar-refractivity contribution is 7.92. The Labute approximate surface area is 184 Å². The molecular weight excluding hydrogens is 418 g/mol. The lowest BCUT2D eigenvalue weighted by atomic mass is 10.2. The molecule has 0 N–H and O–H groups in total. The summed E-state index contributed by atoms with van der Waals surface area (Å²) in [5.41, 5.74) is 1.35. The van der Waals surface area contributed by atoms with E-state index in [0.717, 1.165) is 22.0 Å². The quantitative estimate of drug-likeness (QED) is 0.617. The van der Waals surface area contributed by atoms with Crippen molar-refractivity contribution in [2.24, 2.45) is 0 Å². The zero-order chi connectivity index (χ0) is 22.4. The van der Waals surface area contributed by atoms with Crippen LogP contribution in [0.25, 0.3) is 0 Å². The summed E-state index contributed by atoms with van der Waals surface area (Å²) < 4.78 is 37.1. The van der Waals surface area contributed by atoms with Gasteiger partial charge in [-0.15, -0.1) is 0 Å². The van der Waals surface area contributed by atoms with Gasteiger partial charge in [-0.3, -0.25) is 9.10 Å². The van der Waals surface area contributed by atoms with Crippen LogP contribution in [0.3, 0.4) is 0 Å². The van der Waals surface area contributed by atoms with Crippen LogP contribution < -0.4 is 18.7 Å². The van der Waals surface area contributed by atoms with Gasteiger partial charge in [0.25, 0.3) is 0 Å². The highest BCUT2D eigenvalue weighted by Gasteiger charge is 2.28. The molecule has 0 radical (unpaired) electrons. The molecule has 0 atom stereocenters. The van der Waals surface area contributed by atoms with Crippen molar-refractivity contribution in [3.63, 3.8) is 0 Å². The molecule has 1 saturated heterocycles. The standard InChI is InChI=1S/C22H29N3O5S/c1-4-30-21-12-8-6-10-19(21)25(31(3,27)28)17-22(26)24-15-13-23(14-16-24)18-9-5-7-11-20(18)29-2/h5-12H,4,13-17H2,1-3H3. The van der Waals surface area contributed by atoms with E-state index in [1.165, 1.54) is 0 Å². The summed E-state index contributed by atoms with van der Waals surface area (Å²) in [6.07, 6.45) is 1.10. The van der Waals surface area contributed by atoms with Gasteiger partial charge < -0.3 is 19.3 Å². The van der Waals surface area contributed by atoms with E-state index in [4.69, 9.17) is 9.47 Å². The number of hydrogen-bond donors (Lipinski definition) is 0. The minimum absolute atomic E-state index is 0.239. The Bertz CT molecular complexity index is 1000. The number of rotatable bonds is 8. The van der Waals surface area contributed by atoms with E-state index in [2.05, 4.69) is 4.90 Å². The van der Waals surface area contributed by atoms with Gasteiger partial charge in [0.05, 0.1) is 31.3 Å². The molecule has 31 heavy (non-hydrogen) atoms. The molecule has 0 saturated carbocycles. The normalized spacial score (nSPS) is 14.3. The first-order valence-corrected chi connectivity index (χ1v) is 12.0. The lowest BCUT2D eigenvalue weighted by Gasteiger charge is -2.37. The van der Waals surface area contributed by atoms with E-state index in [1.54, 1.807) is 36.3 Å². The first kappa shape index (κ1) is 22.7. The topological polar surface area (TPSA) is 79.4 Å². The molecule has 1 amide bonds. The molecule has 8 nitrogen and oxygen atoms in total. The van der Waals surface area contributed by atoms with Crippen molar-refractivity contribution in [1.82, 2.24) is 4.90 Å². The van der Waals surface area contributed by atoms with E-state index in [0.29, 0.717) is 44.2 Å². The number of para-hydroxylation sites is 4. The second-order valence-electron chi connectivity index (χ2n) is 7.21. The van der Waals surface area contributed by atoms with Gasteiger partial charge in [-0.1, -0.05) is 24.3 Å². The summed E-state index contributed by atoms with van der Waals surface area (Å²) in [6, 6.07) is 14.6. The summed E-state index contributed by atoms with van der Waals surface area (Å²) >= 11 is 0. The molecule has 1 fully saturated rings. The number of methoxy groups -OCH3 is 1. The molecule has 9 heteroatoms. The molecule has 1 heterocycles. The fourth-order valence-corrected chi connectivity index (χ4v) is 4.49. The summed E-state index contributed by atoms with van der Waals surface area (Å²) in [5.74, 6) is 0.985. The summed E-state index contributed by atoms with van der Waals surface area (Å²) in [7, 11) is -2.04. The zero-order valence-corrected chi connectivity index (χ0v) is 19.0. The van der Waals surface area contributed by atoms with Gasteiger partial charge in [0.15, 0.2) is 0 Å². The van der Waals surface area contributed by atoms with Gasteiger partial charge >= 0.3 is 0 Å². The van der Waals surface area contributed by atoms with Gasteiger partial charge in [0, 0.05) is 26.2 Å². The summed E-state index contributed by atoms with van der Waals surface area (Å²) in [4.78, 5) is 16.9. The Morgan fingerprint density at radius 2 is 1.61 bits per heavy atom. The number of benzene rings is 2. The van der Waals surface area contributed by atoms with Crippen molar-refractivity contribution in [3.05, 3.63) is 48.5 Å². The van der Waals surface area contributed by atoms with Crippen LogP contribution in [0.2, 0.25) is 0 Å². The van der Waals surface area contributed by atoms with Crippen LogP contribution in [0.1, 0.15) is 6.92 Å². The first-order valence-electron chi connectivity index (χ1n) is 10.2. The number of amides is 1. The lowest BCUT2D eigenvalue weighted by molar-refractivity contribution is -0.129. The van der Waals surface area contributed by atoms with Crippen LogP contribution in [-0.2, 0) is 14.8 Å². The maximum atomic E-state index is 13.0. The Hall–Kier alpha value is -2.94. The van der Waals surface area contributed by atoms with E-state index in [9.17, 15) is 13.2 Å². The molecule has 168 valence electrons.